The van der Waals surface area contributed by atoms with Gasteiger partial charge in [0.2, 0.25) is 5.91 Å². The lowest BCUT2D eigenvalue weighted by Crippen LogP contribution is -2.15. The highest BCUT2D eigenvalue weighted by Gasteiger charge is 2.12. The summed E-state index contributed by atoms with van der Waals surface area (Å²) in [5.41, 5.74) is 1.18. The van der Waals surface area contributed by atoms with Gasteiger partial charge in [-0.1, -0.05) is 6.07 Å². The van der Waals surface area contributed by atoms with E-state index >= 15 is 0 Å². The largest absolute Gasteiger partial charge is 0.325 e. The number of aryl methyl sites for hydroxylation is 1. The molecule has 0 heterocycles. The Bertz CT molecular complexity index is 909. The Morgan fingerprint density at radius 2 is 1.84 bits per heavy atom. The molecule has 132 valence electrons. The molecule has 25 heavy (non-hydrogen) atoms. The Morgan fingerprint density at radius 1 is 1.20 bits per heavy atom. The summed E-state index contributed by atoms with van der Waals surface area (Å²) < 4.78 is 23.2. The van der Waals surface area contributed by atoms with Gasteiger partial charge in [0.1, 0.15) is 0 Å². The van der Waals surface area contributed by atoms with Gasteiger partial charge in [-0.15, -0.1) is 11.8 Å². The summed E-state index contributed by atoms with van der Waals surface area (Å²) in [5, 5.41) is 13.3. The van der Waals surface area contributed by atoms with Gasteiger partial charge in [0.15, 0.2) is 9.84 Å². The predicted octanol–water partition coefficient (Wildman–Crippen LogP) is 3.04. The van der Waals surface area contributed by atoms with Gasteiger partial charge in [0.05, 0.1) is 15.6 Å². The lowest BCUT2D eigenvalue weighted by molar-refractivity contribution is -0.384. The first-order valence-electron chi connectivity index (χ1n) is 7.14. The molecule has 0 aromatic heterocycles. The summed E-state index contributed by atoms with van der Waals surface area (Å²) in [6.07, 6.45) is 1.10. The molecule has 7 nitrogen and oxygen atoms in total. The topological polar surface area (TPSA) is 106 Å². The van der Waals surface area contributed by atoms with Gasteiger partial charge in [0.25, 0.3) is 5.69 Å². The molecule has 0 atom stereocenters. The third-order valence-electron chi connectivity index (χ3n) is 3.33. The first-order chi connectivity index (χ1) is 11.7. The van der Waals surface area contributed by atoms with Gasteiger partial charge in [-0.3, -0.25) is 14.9 Å². The number of rotatable bonds is 6. The summed E-state index contributed by atoms with van der Waals surface area (Å²) in [6.45, 7) is 1.77. The minimum atomic E-state index is -3.36. The van der Waals surface area contributed by atoms with E-state index < -0.39 is 14.8 Å². The number of amides is 1. The maximum absolute atomic E-state index is 12.1. The Kier molecular flexibility index (Phi) is 5.81. The number of non-ortho nitro benzene ring substituents is 1. The highest BCUT2D eigenvalue weighted by molar-refractivity contribution is 8.00. The van der Waals surface area contributed by atoms with E-state index in [0.29, 0.717) is 5.69 Å². The smallest absolute Gasteiger partial charge is 0.269 e. The standard InChI is InChI=1S/C16H16N2O5S2/c1-11-3-8-14(25(2,22)23)9-15(11)17-16(19)10-24-13-6-4-12(5-7-13)18(20)21/h3-9H,10H2,1-2H3,(H,17,19). The third kappa shape index (κ3) is 5.30. The fraction of sp³-hybridized carbons (Fsp3) is 0.188. The average Bonchev–Trinajstić information content (AvgIpc) is 2.54. The molecule has 0 aliphatic carbocycles. The van der Waals surface area contributed by atoms with Gasteiger partial charge in [-0.2, -0.15) is 0 Å². The molecular formula is C16H16N2O5S2. The van der Waals surface area contributed by atoms with Crippen molar-refractivity contribution in [3.63, 3.8) is 0 Å². The van der Waals surface area contributed by atoms with Crippen LogP contribution in [0.5, 0.6) is 0 Å². The molecular weight excluding hydrogens is 364 g/mol. The third-order valence-corrected chi connectivity index (χ3v) is 5.45. The molecule has 0 bridgehead atoms. The molecule has 1 amide bonds. The summed E-state index contributed by atoms with van der Waals surface area (Å²) >= 11 is 1.23. The number of anilines is 1. The molecule has 2 aromatic rings. The van der Waals surface area contributed by atoms with Crippen LogP contribution in [0, 0.1) is 17.0 Å². The van der Waals surface area contributed by atoms with Gasteiger partial charge in [0, 0.05) is 29.0 Å². The molecule has 0 saturated heterocycles. The second-order valence-corrected chi connectivity index (χ2v) is 8.40. The first kappa shape index (κ1) is 18.9. The SMILES string of the molecule is Cc1ccc(S(C)(=O)=O)cc1NC(=O)CSc1ccc([N+](=O)[O-])cc1. The second kappa shape index (κ2) is 7.66. The van der Waals surface area contributed by atoms with Crippen LogP contribution in [0.1, 0.15) is 5.56 Å². The van der Waals surface area contributed by atoms with Gasteiger partial charge in [-0.25, -0.2) is 8.42 Å². The van der Waals surface area contributed by atoms with Crippen LogP contribution in [0.2, 0.25) is 0 Å². The zero-order valence-electron chi connectivity index (χ0n) is 13.6. The molecule has 0 aliphatic heterocycles. The highest BCUT2D eigenvalue weighted by Crippen LogP contribution is 2.23. The molecule has 0 saturated carbocycles. The van der Waals surface area contributed by atoms with Crippen LogP contribution in [0.25, 0.3) is 0 Å². The Balaban J connectivity index is 2.02. The van der Waals surface area contributed by atoms with Crippen molar-refractivity contribution >= 4 is 38.9 Å². The first-order valence-corrected chi connectivity index (χ1v) is 10.0. The van der Waals surface area contributed by atoms with E-state index in [1.165, 1.54) is 36.0 Å². The van der Waals surface area contributed by atoms with Crippen molar-refractivity contribution in [3.8, 4) is 0 Å². The van der Waals surface area contributed by atoms with Gasteiger partial charge >= 0.3 is 0 Å². The summed E-state index contributed by atoms with van der Waals surface area (Å²) in [7, 11) is -3.36. The van der Waals surface area contributed by atoms with Crippen LogP contribution >= 0.6 is 11.8 Å². The molecule has 0 unspecified atom stereocenters. The van der Waals surface area contributed by atoms with Gasteiger partial charge in [-0.05, 0) is 36.8 Å². The number of nitro groups is 1. The monoisotopic (exact) mass is 380 g/mol. The van der Waals surface area contributed by atoms with Crippen molar-refractivity contribution in [2.75, 3.05) is 17.3 Å². The summed E-state index contributed by atoms with van der Waals surface area (Å²) in [4.78, 5) is 23.1. The fourth-order valence-corrected chi connectivity index (χ4v) is 3.31. The van der Waals surface area contributed by atoms with E-state index in [1.807, 2.05) is 0 Å². The molecule has 2 rings (SSSR count). The van der Waals surface area contributed by atoms with Crippen LogP contribution in [0.15, 0.2) is 52.3 Å². The molecule has 9 heteroatoms. The Hall–Kier alpha value is -2.39. The number of sulfone groups is 1. The Morgan fingerprint density at radius 3 is 2.40 bits per heavy atom. The number of benzene rings is 2. The number of nitrogens with zero attached hydrogens (tertiary/aromatic N) is 1. The zero-order valence-corrected chi connectivity index (χ0v) is 15.2. The quantitative estimate of drug-likeness (QED) is 0.469. The van der Waals surface area contributed by atoms with Crippen LogP contribution < -0.4 is 5.32 Å². The second-order valence-electron chi connectivity index (χ2n) is 5.34. The number of hydrogen-bond acceptors (Lipinski definition) is 6. The maximum atomic E-state index is 12.1. The maximum Gasteiger partial charge on any atom is 0.269 e. The summed E-state index contributed by atoms with van der Waals surface area (Å²) in [6, 6.07) is 10.5. The molecule has 2 aromatic carbocycles. The van der Waals surface area contributed by atoms with Crippen LogP contribution in [0.4, 0.5) is 11.4 Å². The average molecular weight is 380 g/mol. The zero-order chi connectivity index (χ0) is 18.6. The summed E-state index contributed by atoms with van der Waals surface area (Å²) in [5.74, 6) is -0.197. The van der Waals surface area contributed by atoms with E-state index in [9.17, 15) is 23.3 Å². The molecule has 0 fully saturated rings. The van der Waals surface area contributed by atoms with Crippen molar-refractivity contribution in [1.29, 1.82) is 0 Å². The number of nitro benzene ring substituents is 1. The van der Waals surface area contributed by atoms with Gasteiger partial charge < -0.3 is 5.32 Å². The van der Waals surface area contributed by atoms with E-state index in [4.69, 9.17) is 0 Å². The number of thioether (sulfide) groups is 1. The van der Waals surface area contributed by atoms with Crippen molar-refractivity contribution in [1.82, 2.24) is 0 Å². The molecule has 0 aliphatic rings. The van der Waals surface area contributed by atoms with E-state index in [0.717, 1.165) is 16.7 Å². The minimum Gasteiger partial charge on any atom is -0.325 e. The van der Waals surface area contributed by atoms with Crippen molar-refractivity contribution in [2.24, 2.45) is 0 Å². The van der Waals surface area contributed by atoms with E-state index in [2.05, 4.69) is 5.32 Å². The van der Waals surface area contributed by atoms with Crippen molar-refractivity contribution < 1.29 is 18.1 Å². The van der Waals surface area contributed by atoms with Crippen molar-refractivity contribution in [3.05, 3.63) is 58.1 Å². The normalized spacial score (nSPS) is 11.1. The molecule has 1 N–H and O–H groups in total. The molecule has 0 radical (unpaired) electrons. The number of carbonyl (C=O) groups excluding carboxylic acids is 1. The van der Waals surface area contributed by atoms with E-state index in [1.54, 1.807) is 25.1 Å². The number of carbonyl (C=O) groups is 1. The predicted molar refractivity (Wildman–Crippen MR) is 96.7 cm³/mol. The lowest BCUT2D eigenvalue weighted by Gasteiger charge is -2.10. The Labute approximate surface area is 149 Å². The van der Waals surface area contributed by atoms with E-state index in [-0.39, 0.29) is 22.2 Å². The fourth-order valence-electron chi connectivity index (χ4n) is 1.97. The van der Waals surface area contributed by atoms with Crippen LogP contribution in [0.3, 0.4) is 0 Å². The van der Waals surface area contributed by atoms with Crippen LogP contribution in [-0.4, -0.2) is 31.3 Å². The number of hydrogen-bond donors (Lipinski definition) is 1. The van der Waals surface area contributed by atoms with Crippen molar-refractivity contribution in [2.45, 2.75) is 16.7 Å². The molecule has 0 spiro atoms. The highest BCUT2D eigenvalue weighted by atomic mass is 32.2. The lowest BCUT2D eigenvalue weighted by atomic mass is 10.2. The number of nitrogens with one attached hydrogen (secondary N) is 1. The van der Waals surface area contributed by atoms with Crippen LogP contribution in [-0.2, 0) is 14.6 Å². The minimum absolute atomic E-state index is 0.0120.